The van der Waals surface area contributed by atoms with Gasteiger partial charge in [-0.05, 0) is 31.2 Å². The molecule has 0 aromatic carbocycles. The second-order valence-electron chi connectivity index (χ2n) is 4.14. The number of halogens is 1. The number of sulfonamides is 1. The minimum atomic E-state index is -3.44. The summed E-state index contributed by atoms with van der Waals surface area (Å²) in [5, 5.41) is 9.64. The molecule has 0 spiro atoms. The van der Waals surface area contributed by atoms with Crippen LogP contribution in [0.25, 0.3) is 0 Å². The van der Waals surface area contributed by atoms with Crippen LogP contribution in [-0.4, -0.2) is 20.1 Å². The van der Waals surface area contributed by atoms with Gasteiger partial charge >= 0.3 is 0 Å². The van der Waals surface area contributed by atoms with E-state index in [0.717, 1.165) is 36.1 Å². The van der Waals surface area contributed by atoms with Gasteiger partial charge in [0.2, 0.25) is 10.0 Å². The summed E-state index contributed by atoms with van der Waals surface area (Å²) < 4.78 is 25.8. The van der Waals surface area contributed by atoms with Crippen molar-refractivity contribution < 1.29 is 8.42 Å². The van der Waals surface area contributed by atoms with E-state index in [1.54, 1.807) is 0 Å². The number of nitriles is 1. The normalized spacial score (nSPS) is 14.9. The van der Waals surface area contributed by atoms with E-state index in [1.807, 2.05) is 0 Å². The van der Waals surface area contributed by atoms with E-state index in [9.17, 15) is 13.7 Å². The monoisotopic (exact) mass is 304 g/mol. The van der Waals surface area contributed by atoms with Gasteiger partial charge in [0.25, 0.3) is 0 Å². The molecule has 2 rings (SSSR count). The van der Waals surface area contributed by atoms with Gasteiger partial charge in [0, 0.05) is 10.8 Å². The predicted molar refractivity (Wildman–Crippen MR) is 73.8 cm³/mol. The van der Waals surface area contributed by atoms with Gasteiger partial charge in [-0.1, -0.05) is 0 Å². The van der Waals surface area contributed by atoms with E-state index in [-0.39, 0.29) is 11.6 Å². The summed E-state index contributed by atoms with van der Waals surface area (Å²) in [6.45, 7) is 0. The SMILES string of the molecule is N#Cc1c(NS(=O)(=O)CCCl)sc2c1CCCC2. The molecule has 18 heavy (non-hydrogen) atoms. The van der Waals surface area contributed by atoms with Crippen LogP contribution in [0, 0.1) is 11.3 Å². The lowest BCUT2D eigenvalue weighted by Gasteiger charge is -2.09. The molecule has 4 nitrogen and oxygen atoms in total. The molecular formula is C11H13ClN2O2S2. The molecule has 98 valence electrons. The highest BCUT2D eigenvalue weighted by atomic mass is 35.5. The van der Waals surface area contributed by atoms with Crippen LogP contribution in [0.1, 0.15) is 28.8 Å². The van der Waals surface area contributed by atoms with E-state index in [0.29, 0.717) is 10.6 Å². The molecule has 1 aliphatic carbocycles. The van der Waals surface area contributed by atoms with Crippen LogP contribution >= 0.6 is 22.9 Å². The number of fused-ring (bicyclic) bond motifs is 1. The second kappa shape index (κ2) is 5.47. The van der Waals surface area contributed by atoms with E-state index in [1.165, 1.54) is 11.3 Å². The summed E-state index contributed by atoms with van der Waals surface area (Å²) >= 11 is 6.83. The molecule has 0 atom stereocenters. The van der Waals surface area contributed by atoms with E-state index in [4.69, 9.17) is 11.6 Å². The third kappa shape index (κ3) is 2.79. The zero-order valence-electron chi connectivity index (χ0n) is 9.70. The minimum Gasteiger partial charge on any atom is -0.273 e. The van der Waals surface area contributed by atoms with Crippen molar-refractivity contribution in [1.29, 1.82) is 5.26 Å². The molecule has 0 saturated heterocycles. The highest BCUT2D eigenvalue weighted by molar-refractivity contribution is 7.93. The number of rotatable bonds is 4. The molecule has 1 aliphatic rings. The largest absolute Gasteiger partial charge is 0.273 e. The molecule has 0 fully saturated rings. The highest BCUT2D eigenvalue weighted by Crippen LogP contribution is 2.37. The summed E-state index contributed by atoms with van der Waals surface area (Å²) in [4.78, 5) is 1.14. The van der Waals surface area contributed by atoms with Crippen molar-refractivity contribution in [3.05, 3.63) is 16.0 Å². The quantitative estimate of drug-likeness (QED) is 0.869. The van der Waals surface area contributed by atoms with Gasteiger partial charge in [-0.25, -0.2) is 8.42 Å². The first kappa shape index (κ1) is 13.7. The summed E-state index contributed by atoms with van der Waals surface area (Å²) in [6, 6.07) is 2.12. The number of thiophene rings is 1. The van der Waals surface area contributed by atoms with E-state index < -0.39 is 10.0 Å². The smallest absolute Gasteiger partial charge is 0.234 e. The van der Waals surface area contributed by atoms with Gasteiger partial charge in [-0.3, -0.25) is 4.72 Å². The van der Waals surface area contributed by atoms with Gasteiger partial charge in [-0.15, -0.1) is 22.9 Å². The Morgan fingerprint density at radius 3 is 2.78 bits per heavy atom. The first-order chi connectivity index (χ1) is 8.57. The number of nitrogens with zero attached hydrogens (tertiary/aromatic N) is 1. The Morgan fingerprint density at radius 2 is 2.11 bits per heavy atom. The van der Waals surface area contributed by atoms with Crippen LogP contribution in [0.4, 0.5) is 5.00 Å². The number of aryl methyl sites for hydroxylation is 1. The fourth-order valence-corrected chi connectivity index (χ4v) is 4.99. The molecule has 0 bridgehead atoms. The van der Waals surface area contributed by atoms with E-state index >= 15 is 0 Å². The maximum atomic E-state index is 11.7. The van der Waals surface area contributed by atoms with Gasteiger partial charge in [-0.2, -0.15) is 5.26 Å². The molecular weight excluding hydrogens is 292 g/mol. The van der Waals surface area contributed by atoms with Crippen LogP contribution in [0.2, 0.25) is 0 Å². The van der Waals surface area contributed by atoms with Crippen molar-refractivity contribution >= 4 is 38.0 Å². The third-order valence-electron chi connectivity index (χ3n) is 2.88. The molecule has 1 aromatic rings. The van der Waals surface area contributed by atoms with Gasteiger partial charge < -0.3 is 0 Å². The Morgan fingerprint density at radius 1 is 1.39 bits per heavy atom. The van der Waals surface area contributed by atoms with Crippen LogP contribution in [0.3, 0.4) is 0 Å². The van der Waals surface area contributed by atoms with Crippen LogP contribution in [-0.2, 0) is 22.9 Å². The Balaban J connectivity index is 2.35. The predicted octanol–water partition coefficient (Wildman–Crippen LogP) is 2.48. The van der Waals surface area contributed by atoms with Crippen molar-refractivity contribution in [2.24, 2.45) is 0 Å². The summed E-state index contributed by atoms with van der Waals surface area (Å²) in [7, 11) is -3.44. The Kier molecular flexibility index (Phi) is 4.15. The third-order valence-corrected chi connectivity index (χ3v) is 5.88. The summed E-state index contributed by atoms with van der Waals surface area (Å²) in [5.74, 6) is -0.0930. The summed E-state index contributed by atoms with van der Waals surface area (Å²) in [5.41, 5.74) is 1.52. The van der Waals surface area contributed by atoms with Crippen LogP contribution < -0.4 is 4.72 Å². The molecule has 0 amide bonds. The van der Waals surface area contributed by atoms with Crippen molar-refractivity contribution in [2.45, 2.75) is 25.7 Å². The molecule has 0 radical (unpaired) electrons. The minimum absolute atomic E-state index is 0.0440. The second-order valence-corrected chi connectivity index (χ2v) is 7.46. The maximum Gasteiger partial charge on any atom is 0.234 e. The molecule has 1 aromatic heterocycles. The topological polar surface area (TPSA) is 70.0 Å². The fourth-order valence-electron chi connectivity index (χ4n) is 2.05. The lowest BCUT2D eigenvalue weighted by molar-refractivity contribution is 0.602. The van der Waals surface area contributed by atoms with Gasteiger partial charge in [0.05, 0.1) is 11.3 Å². The van der Waals surface area contributed by atoms with Crippen molar-refractivity contribution in [3.8, 4) is 6.07 Å². The van der Waals surface area contributed by atoms with Crippen molar-refractivity contribution in [1.82, 2.24) is 0 Å². The molecule has 7 heteroatoms. The van der Waals surface area contributed by atoms with Crippen molar-refractivity contribution in [3.63, 3.8) is 0 Å². The lowest BCUT2D eigenvalue weighted by Crippen LogP contribution is -2.17. The number of hydrogen-bond donors (Lipinski definition) is 1. The fraction of sp³-hybridized carbons (Fsp3) is 0.545. The molecule has 1 heterocycles. The average molecular weight is 305 g/mol. The van der Waals surface area contributed by atoms with E-state index in [2.05, 4.69) is 10.8 Å². The lowest BCUT2D eigenvalue weighted by atomic mass is 9.96. The molecule has 0 aliphatic heterocycles. The van der Waals surface area contributed by atoms with Crippen LogP contribution in [0.15, 0.2) is 0 Å². The first-order valence-corrected chi connectivity index (χ1v) is 8.69. The van der Waals surface area contributed by atoms with Crippen LogP contribution in [0.5, 0.6) is 0 Å². The number of hydrogen-bond acceptors (Lipinski definition) is 4. The zero-order valence-corrected chi connectivity index (χ0v) is 12.1. The number of anilines is 1. The average Bonchev–Trinajstić information content (AvgIpc) is 2.64. The maximum absolute atomic E-state index is 11.7. The standard InChI is InChI=1S/C11H13ClN2O2S2/c12-5-6-18(15,16)14-11-9(7-13)8-3-1-2-4-10(8)17-11/h14H,1-6H2. The molecule has 0 saturated carbocycles. The first-order valence-electron chi connectivity index (χ1n) is 5.68. The van der Waals surface area contributed by atoms with Crippen molar-refractivity contribution in [2.75, 3.05) is 16.4 Å². The summed E-state index contributed by atoms with van der Waals surface area (Å²) in [6.07, 6.45) is 3.97. The Bertz CT molecular complexity index is 587. The number of nitrogens with one attached hydrogen (secondary N) is 1. The zero-order chi connectivity index (χ0) is 13.2. The highest BCUT2D eigenvalue weighted by Gasteiger charge is 2.23. The number of alkyl halides is 1. The van der Waals surface area contributed by atoms with Gasteiger partial charge in [0.15, 0.2) is 0 Å². The Labute approximate surface area is 116 Å². The Hall–Kier alpha value is -0.770. The molecule has 0 unspecified atom stereocenters. The molecule has 1 N–H and O–H groups in total. The van der Waals surface area contributed by atoms with Gasteiger partial charge in [0.1, 0.15) is 11.1 Å².